The van der Waals surface area contributed by atoms with Crippen molar-refractivity contribution in [2.45, 2.75) is 69.3 Å². The Morgan fingerprint density at radius 3 is 1.92 bits per heavy atom. The van der Waals surface area contributed by atoms with Crippen molar-refractivity contribution in [3.05, 3.63) is 29.8 Å². The van der Waals surface area contributed by atoms with Crippen molar-refractivity contribution in [2.75, 3.05) is 6.54 Å². The highest BCUT2D eigenvalue weighted by Gasteiger charge is 2.32. The molecular weight excluding hydrogens is 490 g/mol. The smallest absolute Gasteiger partial charge is 0.326 e. The Hall–Kier alpha value is -3.75. The van der Waals surface area contributed by atoms with Gasteiger partial charge in [0.2, 0.25) is 17.7 Å². The van der Waals surface area contributed by atoms with E-state index >= 15 is 0 Å². The summed E-state index contributed by atoms with van der Waals surface area (Å²) in [5.74, 6) is -5.66. The summed E-state index contributed by atoms with van der Waals surface area (Å²) >= 11 is 0. The Bertz CT molecular complexity index is 939. The third-order valence-electron chi connectivity index (χ3n) is 5.40. The summed E-state index contributed by atoms with van der Waals surface area (Å²) in [7, 11) is 0. The van der Waals surface area contributed by atoms with Crippen LogP contribution in [0, 0.1) is 0 Å². The summed E-state index contributed by atoms with van der Waals surface area (Å²) < 4.78 is 0. The molecule has 3 amide bonds. The average Bonchev–Trinajstić information content (AvgIpc) is 2.82. The van der Waals surface area contributed by atoms with E-state index in [0.29, 0.717) is 24.9 Å². The van der Waals surface area contributed by atoms with Crippen LogP contribution in [0.25, 0.3) is 0 Å². The number of rotatable bonds is 16. The van der Waals surface area contributed by atoms with Crippen molar-refractivity contribution in [3.8, 4) is 5.75 Å². The highest BCUT2D eigenvalue weighted by Crippen LogP contribution is 2.12. The molecule has 5 atom stereocenters. The summed E-state index contributed by atoms with van der Waals surface area (Å²) in [4.78, 5) is 61.1. The standard InChI is InChI=1S/C23H35N5O9/c1-12(29)19(25)22(35)26-15(4-2-3-9-24)20(33)27-16(11-18(31)32)21(34)28-17(23(36)37)10-13-5-7-14(30)8-6-13/h5-8,12,15-17,19,29-30H,2-4,9-11,24-25H2,1H3,(H,26,35)(H,27,33)(H,28,34)(H,31,32)(H,36,37). The van der Waals surface area contributed by atoms with E-state index in [1.54, 1.807) is 0 Å². The molecule has 1 aromatic rings. The predicted molar refractivity (Wildman–Crippen MR) is 130 cm³/mol. The number of amides is 3. The first-order valence-electron chi connectivity index (χ1n) is 11.6. The highest BCUT2D eigenvalue weighted by atomic mass is 16.4. The molecular formula is C23H35N5O9. The number of nitrogens with one attached hydrogen (secondary N) is 3. The van der Waals surface area contributed by atoms with Crippen LogP contribution in [-0.4, -0.2) is 86.9 Å². The van der Waals surface area contributed by atoms with Gasteiger partial charge in [0.1, 0.15) is 29.9 Å². The molecule has 206 valence electrons. The van der Waals surface area contributed by atoms with Crippen molar-refractivity contribution in [1.29, 1.82) is 0 Å². The summed E-state index contributed by atoms with van der Waals surface area (Å²) in [6.45, 7) is 1.61. The largest absolute Gasteiger partial charge is 0.508 e. The fourth-order valence-electron chi connectivity index (χ4n) is 3.24. The average molecular weight is 526 g/mol. The number of aromatic hydroxyl groups is 1. The van der Waals surface area contributed by atoms with Crippen molar-refractivity contribution >= 4 is 29.7 Å². The van der Waals surface area contributed by atoms with Gasteiger partial charge in [-0.05, 0) is 50.4 Å². The van der Waals surface area contributed by atoms with Gasteiger partial charge in [0.15, 0.2) is 0 Å². The first-order chi connectivity index (χ1) is 17.3. The van der Waals surface area contributed by atoms with E-state index in [1.165, 1.54) is 31.2 Å². The molecule has 11 N–H and O–H groups in total. The zero-order valence-electron chi connectivity index (χ0n) is 20.4. The molecule has 0 aliphatic carbocycles. The molecule has 0 saturated carbocycles. The molecule has 14 heteroatoms. The van der Waals surface area contributed by atoms with Gasteiger partial charge in [-0.15, -0.1) is 0 Å². The van der Waals surface area contributed by atoms with Gasteiger partial charge in [-0.25, -0.2) is 4.79 Å². The number of aliphatic hydroxyl groups excluding tert-OH is 1. The van der Waals surface area contributed by atoms with Gasteiger partial charge < -0.3 is 47.8 Å². The van der Waals surface area contributed by atoms with Gasteiger partial charge in [0, 0.05) is 6.42 Å². The summed E-state index contributed by atoms with van der Waals surface area (Å²) in [5.41, 5.74) is 11.6. The van der Waals surface area contributed by atoms with E-state index in [1.807, 2.05) is 0 Å². The van der Waals surface area contributed by atoms with Crippen LogP contribution in [0.5, 0.6) is 5.75 Å². The summed E-state index contributed by atoms with van der Waals surface area (Å²) in [5, 5.41) is 44.5. The van der Waals surface area contributed by atoms with Gasteiger partial charge in [-0.3, -0.25) is 19.2 Å². The second kappa shape index (κ2) is 15.4. The number of hydrogen-bond acceptors (Lipinski definition) is 9. The zero-order valence-corrected chi connectivity index (χ0v) is 20.4. The number of carboxylic acids is 2. The van der Waals surface area contributed by atoms with Gasteiger partial charge in [-0.2, -0.15) is 0 Å². The molecule has 0 radical (unpaired) electrons. The summed E-state index contributed by atoms with van der Waals surface area (Å²) in [6, 6.07) is -0.0845. The normalized spacial score (nSPS) is 14.9. The van der Waals surface area contributed by atoms with E-state index in [4.69, 9.17) is 11.5 Å². The van der Waals surface area contributed by atoms with Crippen molar-refractivity contribution in [1.82, 2.24) is 16.0 Å². The van der Waals surface area contributed by atoms with Crippen LogP contribution in [0.1, 0.15) is 38.2 Å². The first-order valence-corrected chi connectivity index (χ1v) is 11.6. The second-order valence-electron chi connectivity index (χ2n) is 8.54. The number of phenols is 1. The highest BCUT2D eigenvalue weighted by molar-refractivity contribution is 5.95. The van der Waals surface area contributed by atoms with Crippen LogP contribution in [0.3, 0.4) is 0 Å². The molecule has 0 spiro atoms. The van der Waals surface area contributed by atoms with Crippen LogP contribution in [0.15, 0.2) is 24.3 Å². The predicted octanol–water partition coefficient (Wildman–Crippen LogP) is -2.21. The van der Waals surface area contributed by atoms with Crippen LogP contribution in [0.4, 0.5) is 0 Å². The fourth-order valence-corrected chi connectivity index (χ4v) is 3.24. The van der Waals surface area contributed by atoms with E-state index in [2.05, 4.69) is 16.0 Å². The lowest BCUT2D eigenvalue weighted by Gasteiger charge is -2.25. The Morgan fingerprint density at radius 1 is 0.865 bits per heavy atom. The monoisotopic (exact) mass is 525 g/mol. The molecule has 0 heterocycles. The number of aliphatic hydroxyl groups is 1. The maximum atomic E-state index is 12.9. The number of nitrogens with two attached hydrogens (primary N) is 2. The fraction of sp³-hybridized carbons (Fsp3) is 0.522. The number of carbonyl (C=O) groups is 5. The lowest BCUT2D eigenvalue weighted by atomic mass is 10.0. The quantitative estimate of drug-likeness (QED) is 0.104. The number of aliphatic carboxylic acids is 2. The molecule has 0 bridgehead atoms. The molecule has 14 nitrogen and oxygen atoms in total. The molecule has 5 unspecified atom stereocenters. The van der Waals surface area contributed by atoms with Crippen LogP contribution in [-0.2, 0) is 30.4 Å². The topological polar surface area (TPSA) is 254 Å². The minimum Gasteiger partial charge on any atom is -0.508 e. The second-order valence-corrected chi connectivity index (χ2v) is 8.54. The van der Waals surface area contributed by atoms with Crippen molar-refractivity contribution in [3.63, 3.8) is 0 Å². The van der Waals surface area contributed by atoms with Crippen LogP contribution in [0.2, 0.25) is 0 Å². The minimum atomic E-state index is -1.66. The third kappa shape index (κ3) is 11.2. The number of unbranched alkanes of at least 4 members (excludes halogenated alkanes) is 1. The molecule has 37 heavy (non-hydrogen) atoms. The van der Waals surface area contributed by atoms with Crippen molar-refractivity contribution < 1.29 is 44.4 Å². The van der Waals surface area contributed by atoms with Gasteiger partial charge >= 0.3 is 11.9 Å². The van der Waals surface area contributed by atoms with Crippen LogP contribution < -0.4 is 27.4 Å². The number of hydrogen-bond donors (Lipinski definition) is 9. The van der Waals surface area contributed by atoms with E-state index in [-0.39, 0.29) is 18.6 Å². The maximum absolute atomic E-state index is 12.9. The number of phenolic OH excluding ortho intramolecular Hbond substituents is 1. The summed E-state index contributed by atoms with van der Waals surface area (Å²) in [6.07, 6.45) is -1.24. The van der Waals surface area contributed by atoms with Crippen molar-refractivity contribution in [2.24, 2.45) is 11.5 Å². The van der Waals surface area contributed by atoms with E-state index < -0.39 is 66.4 Å². The number of carbonyl (C=O) groups excluding carboxylic acids is 3. The maximum Gasteiger partial charge on any atom is 0.326 e. The van der Waals surface area contributed by atoms with Gasteiger partial charge in [0.25, 0.3) is 0 Å². The van der Waals surface area contributed by atoms with Crippen LogP contribution >= 0.6 is 0 Å². The van der Waals surface area contributed by atoms with Gasteiger partial charge in [-0.1, -0.05) is 12.1 Å². The molecule has 0 fully saturated rings. The first kappa shape index (κ1) is 31.3. The molecule has 0 aromatic heterocycles. The molecule has 0 aliphatic heterocycles. The molecule has 1 rings (SSSR count). The van der Waals surface area contributed by atoms with E-state index in [0.717, 1.165) is 0 Å². The number of benzene rings is 1. The minimum absolute atomic E-state index is 0.0357. The molecule has 0 saturated heterocycles. The third-order valence-corrected chi connectivity index (χ3v) is 5.40. The van der Waals surface area contributed by atoms with Gasteiger partial charge in [0.05, 0.1) is 12.5 Å². The Balaban J connectivity index is 3.03. The van der Waals surface area contributed by atoms with E-state index in [9.17, 15) is 44.4 Å². The Kier molecular flexibility index (Phi) is 13.0. The lowest BCUT2D eigenvalue weighted by Crippen LogP contribution is -2.58. The Labute approximate surface area is 213 Å². The molecule has 1 aromatic carbocycles. The zero-order chi connectivity index (χ0) is 28.1. The molecule has 0 aliphatic rings. The Morgan fingerprint density at radius 2 is 1.41 bits per heavy atom. The lowest BCUT2D eigenvalue weighted by molar-refractivity contribution is -0.143. The SMILES string of the molecule is CC(O)C(N)C(=O)NC(CCCCN)C(=O)NC(CC(=O)O)C(=O)NC(Cc1ccc(O)cc1)C(=O)O. The number of carboxylic acid groups (broad SMARTS) is 2.